The van der Waals surface area contributed by atoms with Crippen molar-refractivity contribution in [2.24, 2.45) is 11.8 Å². The lowest BCUT2D eigenvalue weighted by Crippen LogP contribution is -2.25. The average molecular weight is 496 g/mol. The quantitative estimate of drug-likeness (QED) is 0.311. The van der Waals surface area contributed by atoms with Crippen LogP contribution in [0.15, 0.2) is 72.4 Å². The van der Waals surface area contributed by atoms with E-state index in [0.29, 0.717) is 5.56 Å². The first kappa shape index (κ1) is 21.9. The van der Waals surface area contributed by atoms with E-state index in [0.717, 1.165) is 88.2 Å². The minimum atomic E-state index is -0.182. The largest absolute Gasteiger partial charge is 0.355 e. The van der Waals surface area contributed by atoms with E-state index in [1.807, 2.05) is 35.8 Å². The summed E-state index contributed by atoms with van der Waals surface area (Å²) in [6.45, 7) is 5.24. The van der Waals surface area contributed by atoms with E-state index in [-0.39, 0.29) is 5.82 Å². The van der Waals surface area contributed by atoms with Crippen LogP contribution in [0.4, 0.5) is 15.8 Å². The fraction of sp³-hybridized carbons (Fsp3) is 0.241. The van der Waals surface area contributed by atoms with E-state index >= 15 is 4.39 Å². The number of rotatable bonds is 5. The van der Waals surface area contributed by atoms with Crippen molar-refractivity contribution in [3.63, 3.8) is 0 Å². The predicted octanol–water partition coefficient (Wildman–Crippen LogP) is 6.05. The number of halogens is 1. The van der Waals surface area contributed by atoms with E-state index in [1.165, 1.54) is 0 Å². The average Bonchev–Trinajstić information content (AvgIpc) is 3.60. The highest BCUT2D eigenvalue weighted by Gasteiger charge is 2.35. The van der Waals surface area contributed by atoms with E-state index in [9.17, 15) is 0 Å². The second kappa shape index (κ2) is 8.92. The normalized spacial score (nSPS) is 19.8. The van der Waals surface area contributed by atoms with Crippen LogP contribution in [0.25, 0.3) is 32.2 Å². The number of hydrogen-bond acceptors (Lipinski definition) is 6. The van der Waals surface area contributed by atoms with Crippen LogP contribution in [0, 0.1) is 17.7 Å². The Morgan fingerprint density at radius 1 is 0.944 bits per heavy atom. The van der Waals surface area contributed by atoms with Crippen LogP contribution in [0.5, 0.6) is 0 Å². The van der Waals surface area contributed by atoms with Crippen LogP contribution in [0.2, 0.25) is 0 Å². The summed E-state index contributed by atoms with van der Waals surface area (Å²) in [6.07, 6.45) is 1.79. The van der Waals surface area contributed by atoms with Gasteiger partial charge in [-0.25, -0.2) is 9.37 Å². The van der Waals surface area contributed by atoms with Crippen LogP contribution >= 0.6 is 11.3 Å². The Balaban J connectivity index is 1.13. The van der Waals surface area contributed by atoms with Gasteiger partial charge in [-0.2, -0.15) is 0 Å². The van der Waals surface area contributed by atoms with Gasteiger partial charge in [0.15, 0.2) is 0 Å². The lowest BCUT2D eigenvalue weighted by molar-refractivity contribution is 0.305. The van der Waals surface area contributed by atoms with Gasteiger partial charge in [-0.3, -0.25) is 9.88 Å². The highest BCUT2D eigenvalue weighted by molar-refractivity contribution is 7.16. The molecule has 2 saturated heterocycles. The molecule has 5 nitrogen and oxygen atoms in total. The highest BCUT2D eigenvalue weighted by Crippen LogP contribution is 2.33. The molecule has 5 aromatic rings. The maximum Gasteiger partial charge on any atom is 0.131 e. The zero-order valence-electron chi connectivity index (χ0n) is 19.7. The van der Waals surface area contributed by atoms with Gasteiger partial charge in [-0.1, -0.05) is 24.3 Å². The van der Waals surface area contributed by atoms with Gasteiger partial charge in [-0.05, 0) is 72.5 Å². The molecule has 180 valence electrons. The van der Waals surface area contributed by atoms with Crippen molar-refractivity contribution in [2.75, 3.05) is 31.5 Å². The predicted molar refractivity (Wildman–Crippen MR) is 145 cm³/mol. The van der Waals surface area contributed by atoms with E-state index in [1.54, 1.807) is 23.6 Å². The Kier molecular flexibility index (Phi) is 5.42. The molecule has 0 aliphatic carbocycles. The number of nitrogens with zero attached hydrogens (tertiary/aromatic N) is 3. The Bertz CT molecular complexity index is 1570. The van der Waals surface area contributed by atoms with Gasteiger partial charge in [-0.15, -0.1) is 11.3 Å². The summed E-state index contributed by atoms with van der Waals surface area (Å²) in [6, 6.07) is 19.8. The molecule has 0 amide bonds. The molecule has 2 aromatic heterocycles. The molecule has 4 heterocycles. The molecule has 2 aliphatic heterocycles. The number of pyridine rings is 1. The molecule has 0 saturated carbocycles. The van der Waals surface area contributed by atoms with Crippen LogP contribution in [-0.2, 0) is 6.54 Å². The first-order valence-electron chi connectivity index (χ1n) is 12.4. The fourth-order valence-electron chi connectivity index (χ4n) is 5.75. The summed E-state index contributed by atoms with van der Waals surface area (Å²) in [7, 11) is 0. The Labute approximate surface area is 213 Å². The number of fused-ring (bicyclic) bond motifs is 3. The Morgan fingerprint density at radius 3 is 2.69 bits per heavy atom. The first-order chi connectivity index (χ1) is 17.7. The van der Waals surface area contributed by atoms with Gasteiger partial charge >= 0.3 is 0 Å². The van der Waals surface area contributed by atoms with Gasteiger partial charge in [0.25, 0.3) is 0 Å². The first-order valence-corrected chi connectivity index (χ1v) is 13.3. The van der Waals surface area contributed by atoms with Gasteiger partial charge in [0.05, 0.1) is 21.2 Å². The number of hydrogen-bond donors (Lipinski definition) is 2. The molecule has 0 bridgehead atoms. The number of anilines is 2. The summed E-state index contributed by atoms with van der Waals surface area (Å²) in [5.41, 5.74) is 8.08. The zero-order chi connectivity index (χ0) is 24.1. The van der Waals surface area contributed by atoms with E-state index in [4.69, 9.17) is 0 Å². The molecule has 2 aliphatic rings. The lowest BCUT2D eigenvalue weighted by Gasteiger charge is -2.17. The molecule has 7 heteroatoms. The minimum absolute atomic E-state index is 0.182. The van der Waals surface area contributed by atoms with E-state index in [2.05, 4.69) is 49.8 Å². The monoisotopic (exact) mass is 495 g/mol. The highest BCUT2D eigenvalue weighted by atomic mass is 32.1. The van der Waals surface area contributed by atoms with Gasteiger partial charge in [0, 0.05) is 48.2 Å². The zero-order valence-corrected chi connectivity index (χ0v) is 20.6. The molecule has 2 atom stereocenters. The van der Waals surface area contributed by atoms with Crippen molar-refractivity contribution in [3.05, 3.63) is 83.8 Å². The van der Waals surface area contributed by atoms with Crippen LogP contribution in [0.1, 0.15) is 5.56 Å². The number of benzene rings is 3. The molecular weight excluding hydrogens is 469 g/mol. The van der Waals surface area contributed by atoms with Crippen molar-refractivity contribution in [1.29, 1.82) is 0 Å². The third kappa shape index (κ3) is 4.03. The standard InChI is InChI=1S/C29H26FN5S/c30-25-9-18(14-35-15-20-12-31-13-21(20)16-35)1-4-23(25)19-2-5-24-26(7-8-32-27(24)10-19)34-22-3-6-29-28(11-22)33-17-36-29/h1-11,17,20-21,31H,12-16H2,(H,32,34). The molecule has 2 N–H and O–H groups in total. The molecule has 36 heavy (non-hydrogen) atoms. The maximum atomic E-state index is 15.2. The van der Waals surface area contributed by atoms with E-state index < -0.39 is 0 Å². The SMILES string of the molecule is Fc1cc(CN2CC3CNCC3C2)ccc1-c1ccc2c(Nc3ccc4scnc4c3)ccnc2c1. The lowest BCUT2D eigenvalue weighted by atomic mass is 10.0. The van der Waals surface area contributed by atoms with Crippen LogP contribution in [-0.4, -0.2) is 41.0 Å². The minimum Gasteiger partial charge on any atom is -0.355 e. The second-order valence-electron chi connectivity index (χ2n) is 9.94. The van der Waals surface area contributed by atoms with Crippen molar-refractivity contribution < 1.29 is 4.39 Å². The molecule has 0 spiro atoms. The smallest absolute Gasteiger partial charge is 0.131 e. The molecular formula is C29H26FN5S. The number of aromatic nitrogens is 2. The number of thiazole rings is 1. The third-order valence-corrected chi connectivity index (χ3v) is 8.38. The summed E-state index contributed by atoms with van der Waals surface area (Å²) in [4.78, 5) is 11.4. The summed E-state index contributed by atoms with van der Waals surface area (Å²) in [5, 5.41) is 7.97. The van der Waals surface area contributed by atoms with Crippen LogP contribution in [0.3, 0.4) is 0 Å². The van der Waals surface area contributed by atoms with Crippen molar-refractivity contribution >= 4 is 43.8 Å². The number of nitrogens with one attached hydrogen (secondary N) is 2. The maximum absolute atomic E-state index is 15.2. The van der Waals surface area contributed by atoms with Crippen molar-refractivity contribution in [3.8, 4) is 11.1 Å². The number of likely N-dealkylation sites (tertiary alicyclic amines) is 1. The molecule has 7 rings (SSSR count). The van der Waals surface area contributed by atoms with Crippen molar-refractivity contribution in [1.82, 2.24) is 20.2 Å². The molecule has 0 radical (unpaired) electrons. The molecule has 2 fully saturated rings. The van der Waals surface area contributed by atoms with Gasteiger partial charge in [0.2, 0.25) is 0 Å². The second-order valence-corrected chi connectivity index (χ2v) is 10.8. The Morgan fingerprint density at radius 2 is 1.83 bits per heavy atom. The summed E-state index contributed by atoms with van der Waals surface area (Å²) >= 11 is 1.63. The topological polar surface area (TPSA) is 53.1 Å². The van der Waals surface area contributed by atoms with Gasteiger partial charge in [0.1, 0.15) is 5.82 Å². The van der Waals surface area contributed by atoms with Gasteiger partial charge < -0.3 is 10.6 Å². The Hall–Kier alpha value is -3.39. The fourth-order valence-corrected chi connectivity index (χ4v) is 6.41. The van der Waals surface area contributed by atoms with Crippen molar-refractivity contribution in [2.45, 2.75) is 6.54 Å². The summed E-state index contributed by atoms with van der Waals surface area (Å²) < 4.78 is 16.4. The molecule has 2 unspecified atom stereocenters. The molecule has 3 aromatic carbocycles. The summed E-state index contributed by atoms with van der Waals surface area (Å²) in [5.74, 6) is 1.31. The van der Waals surface area contributed by atoms with Crippen LogP contribution < -0.4 is 10.6 Å². The third-order valence-electron chi connectivity index (χ3n) is 7.57.